The lowest BCUT2D eigenvalue weighted by molar-refractivity contribution is 0.0566. The highest BCUT2D eigenvalue weighted by Crippen LogP contribution is 2.27. The van der Waals surface area contributed by atoms with E-state index in [0.29, 0.717) is 11.9 Å². The smallest absolute Gasteiger partial charge is 0.116 e. The summed E-state index contributed by atoms with van der Waals surface area (Å²) in [5.74, 6) is 0.306. The van der Waals surface area contributed by atoms with E-state index >= 15 is 0 Å². The highest BCUT2D eigenvalue weighted by molar-refractivity contribution is 5.88. The van der Waals surface area contributed by atoms with Gasteiger partial charge < -0.3 is 9.84 Å². The molecule has 1 atom stereocenters. The van der Waals surface area contributed by atoms with E-state index in [0.717, 1.165) is 36.6 Å². The summed E-state index contributed by atoms with van der Waals surface area (Å²) >= 11 is 0. The molecule has 2 nitrogen and oxygen atoms in total. The van der Waals surface area contributed by atoms with Crippen LogP contribution in [0.4, 0.5) is 0 Å². The second-order valence-electron chi connectivity index (χ2n) is 8.09. The molecule has 0 aromatic heterocycles. The molecule has 0 saturated carbocycles. The third kappa shape index (κ3) is 6.74. The van der Waals surface area contributed by atoms with Gasteiger partial charge in [-0.15, -0.1) is 0 Å². The average Bonchev–Trinajstić information content (AvgIpc) is 2.76. The molecule has 0 bridgehead atoms. The molecule has 0 heterocycles. The number of rotatable bonds is 11. The SMILES string of the molecule is CCCCCOC(C)CCC/C=C/c1ccc(-c2ccc3cc(O)ccc3c2)cc1. The molecular weight excluding hydrogens is 368 g/mol. The summed E-state index contributed by atoms with van der Waals surface area (Å²) in [5, 5.41) is 11.8. The van der Waals surface area contributed by atoms with Crippen molar-refractivity contribution in [1.29, 1.82) is 0 Å². The number of aromatic hydroxyl groups is 1. The minimum absolute atomic E-state index is 0.306. The van der Waals surface area contributed by atoms with Crippen LogP contribution in [0.2, 0.25) is 0 Å². The van der Waals surface area contributed by atoms with E-state index in [1.165, 1.54) is 36.0 Å². The fraction of sp³-hybridized carbons (Fsp3) is 0.357. The zero-order valence-electron chi connectivity index (χ0n) is 18.3. The van der Waals surface area contributed by atoms with E-state index < -0.39 is 0 Å². The summed E-state index contributed by atoms with van der Waals surface area (Å²) in [5.41, 5.74) is 3.63. The molecule has 0 fully saturated rings. The molecule has 0 spiro atoms. The van der Waals surface area contributed by atoms with E-state index in [4.69, 9.17) is 4.74 Å². The van der Waals surface area contributed by atoms with Crippen molar-refractivity contribution < 1.29 is 9.84 Å². The highest BCUT2D eigenvalue weighted by atomic mass is 16.5. The van der Waals surface area contributed by atoms with Gasteiger partial charge in [0, 0.05) is 6.61 Å². The van der Waals surface area contributed by atoms with Crippen LogP contribution < -0.4 is 0 Å². The molecule has 1 unspecified atom stereocenters. The van der Waals surface area contributed by atoms with Gasteiger partial charge in [-0.05, 0) is 78.3 Å². The first-order chi connectivity index (χ1) is 14.7. The molecule has 0 amide bonds. The Morgan fingerprint density at radius 3 is 2.40 bits per heavy atom. The number of unbranched alkanes of at least 4 members (excludes halogenated alkanes) is 3. The standard InChI is InChI=1S/C28H34O2/c1-3-4-8-19-30-22(2)9-6-5-7-10-23-11-13-24(14-12-23)25-15-16-27-21-28(29)18-17-26(27)20-25/h7,10-18,20-22,29H,3-6,8-9,19H2,1-2H3/b10-7+. The van der Waals surface area contributed by atoms with E-state index in [9.17, 15) is 5.11 Å². The first-order valence-electron chi connectivity index (χ1n) is 11.3. The van der Waals surface area contributed by atoms with Gasteiger partial charge >= 0.3 is 0 Å². The lowest BCUT2D eigenvalue weighted by Gasteiger charge is -2.12. The number of ether oxygens (including phenoxy) is 1. The van der Waals surface area contributed by atoms with Crippen LogP contribution in [0.5, 0.6) is 5.75 Å². The number of phenols is 1. The monoisotopic (exact) mass is 402 g/mol. The first-order valence-corrected chi connectivity index (χ1v) is 11.3. The summed E-state index contributed by atoms with van der Waals surface area (Å²) in [4.78, 5) is 0. The van der Waals surface area contributed by atoms with Gasteiger partial charge in [-0.1, -0.05) is 74.4 Å². The second kappa shape index (κ2) is 11.6. The van der Waals surface area contributed by atoms with Crippen molar-refractivity contribution in [3.8, 4) is 16.9 Å². The van der Waals surface area contributed by atoms with E-state index in [1.54, 1.807) is 12.1 Å². The van der Waals surface area contributed by atoms with E-state index in [2.05, 4.69) is 68.5 Å². The predicted molar refractivity (Wildman–Crippen MR) is 129 cm³/mol. The largest absolute Gasteiger partial charge is 0.508 e. The fourth-order valence-corrected chi connectivity index (χ4v) is 3.66. The van der Waals surface area contributed by atoms with Crippen LogP contribution in [0.25, 0.3) is 28.0 Å². The summed E-state index contributed by atoms with van der Waals surface area (Å²) in [6, 6.07) is 20.5. The summed E-state index contributed by atoms with van der Waals surface area (Å²) in [6.45, 7) is 5.31. The molecule has 0 aliphatic carbocycles. The molecule has 0 radical (unpaired) electrons. The summed E-state index contributed by atoms with van der Waals surface area (Å²) in [6.07, 6.45) is 11.9. The fourth-order valence-electron chi connectivity index (χ4n) is 3.66. The van der Waals surface area contributed by atoms with Crippen molar-refractivity contribution in [2.45, 2.75) is 58.5 Å². The van der Waals surface area contributed by atoms with Gasteiger partial charge in [-0.2, -0.15) is 0 Å². The zero-order valence-corrected chi connectivity index (χ0v) is 18.3. The van der Waals surface area contributed by atoms with Gasteiger partial charge in [-0.25, -0.2) is 0 Å². The second-order valence-corrected chi connectivity index (χ2v) is 8.09. The van der Waals surface area contributed by atoms with Crippen LogP contribution in [0.1, 0.15) is 57.9 Å². The van der Waals surface area contributed by atoms with Crippen LogP contribution in [0.3, 0.4) is 0 Å². The Kier molecular flexibility index (Phi) is 8.53. The van der Waals surface area contributed by atoms with Crippen molar-refractivity contribution in [3.05, 3.63) is 72.3 Å². The Balaban J connectivity index is 1.47. The minimum Gasteiger partial charge on any atom is -0.508 e. The Labute approximate surface area is 181 Å². The van der Waals surface area contributed by atoms with Crippen LogP contribution in [-0.4, -0.2) is 17.8 Å². The molecule has 2 heteroatoms. The Morgan fingerprint density at radius 1 is 0.867 bits per heavy atom. The molecule has 3 aromatic rings. The lowest BCUT2D eigenvalue weighted by Crippen LogP contribution is -2.08. The lowest BCUT2D eigenvalue weighted by atomic mass is 10.00. The van der Waals surface area contributed by atoms with Crippen molar-refractivity contribution in [2.75, 3.05) is 6.61 Å². The van der Waals surface area contributed by atoms with Gasteiger partial charge in [0.2, 0.25) is 0 Å². The van der Waals surface area contributed by atoms with Crippen molar-refractivity contribution in [2.24, 2.45) is 0 Å². The van der Waals surface area contributed by atoms with Gasteiger partial charge in [0.15, 0.2) is 0 Å². The molecular formula is C28H34O2. The highest BCUT2D eigenvalue weighted by Gasteiger charge is 2.02. The third-order valence-corrected chi connectivity index (χ3v) is 5.51. The van der Waals surface area contributed by atoms with Crippen LogP contribution in [0.15, 0.2) is 66.7 Å². The van der Waals surface area contributed by atoms with Crippen molar-refractivity contribution in [3.63, 3.8) is 0 Å². The third-order valence-electron chi connectivity index (χ3n) is 5.51. The van der Waals surface area contributed by atoms with Gasteiger partial charge in [-0.3, -0.25) is 0 Å². The number of benzene rings is 3. The van der Waals surface area contributed by atoms with Crippen LogP contribution in [0, 0.1) is 0 Å². The molecule has 3 aromatic carbocycles. The minimum atomic E-state index is 0.306. The Hall–Kier alpha value is -2.58. The zero-order chi connectivity index (χ0) is 21.2. The van der Waals surface area contributed by atoms with Crippen molar-refractivity contribution in [1.82, 2.24) is 0 Å². The topological polar surface area (TPSA) is 29.5 Å². The molecule has 0 aliphatic rings. The van der Waals surface area contributed by atoms with Crippen molar-refractivity contribution >= 4 is 16.8 Å². The molecule has 3 rings (SSSR count). The van der Waals surface area contributed by atoms with E-state index in [-0.39, 0.29) is 0 Å². The quantitative estimate of drug-likeness (QED) is 0.329. The summed E-state index contributed by atoms with van der Waals surface area (Å²) in [7, 11) is 0. The van der Waals surface area contributed by atoms with E-state index in [1.807, 2.05) is 6.07 Å². The average molecular weight is 403 g/mol. The Morgan fingerprint density at radius 2 is 1.60 bits per heavy atom. The van der Waals surface area contributed by atoms with Gasteiger partial charge in [0.05, 0.1) is 6.10 Å². The number of phenolic OH excluding ortho intramolecular Hbond substituents is 1. The number of allylic oxidation sites excluding steroid dienone is 1. The normalized spacial score (nSPS) is 12.6. The summed E-state index contributed by atoms with van der Waals surface area (Å²) < 4.78 is 5.86. The molecule has 0 aliphatic heterocycles. The van der Waals surface area contributed by atoms with Crippen LogP contribution >= 0.6 is 0 Å². The number of fused-ring (bicyclic) bond motifs is 1. The van der Waals surface area contributed by atoms with Crippen LogP contribution in [-0.2, 0) is 4.74 Å². The maximum Gasteiger partial charge on any atom is 0.116 e. The number of hydrogen-bond acceptors (Lipinski definition) is 2. The maximum atomic E-state index is 9.62. The Bertz CT molecular complexity index is 941. The first kappa shape index (κ1) is 22.1. The predicted octanol–water partition coefficient (Wildman–Crippen LogP) is 7.99. The molecule has 30 heavy (non-hydrogen) atoms. The number of hydrogen-bond donors (Lipinski definition) is 1. The van der Waals surface area contributed by atoms with Gasteiger partial charge in [0.25, 0.3) is 0 Å². The maximum absolute atomic E-state index is 9.62. The molecule has 0 saturated heterocycles. The molecule has 1 N–H and O–H groups in total. The van der Waals surface area contributed by atoms with Gasteiger partial charge in [0.1, 0.15) is 5.75 Å². The molecule has 158 valence electrons.